The first kappa shape index (κ1) is 13.0. The van der Waals surface area contributed by atoms with Gasteiger partial charge in [-0.25, -0.2) is 15.0 Å². The number of anilines is 1. The Bertz CT molecular complexity index is 774. The van der Waals surface area contributed by atoms with Crippen LogP contribution in [0.5, 0.6) is 0 Å². The summed E-state index contributed by atoms with van der Waals surface area (Å²) in [5.74, 6) is 1.80. The van der Waals surface area contributed by atoms with Crippen molar-refractivity contribution in [2.24, 2.45) is 7.05 Å². The largest absolute Gasteiger partial charge is 0.352 e. The zero-order valence-electron chi connectivity index (χ0n) is 12.3. The lowest BCUT2D eigenvalue weighted by Crippen LogP contribution is -2.17. The molecule has 0 saturated carbocycles. The fourth-order valence-corrected chi connectivity index (χ4v) is 2.98. The molecule has 7 heteroatoms. The zero-order valence-corrected chi connectivity index (χ0v) is 12.3. The molecule has 1 atom stereocenters. The van der Waals surface area contributed by atoms with Crippen LogP contribution < -0.4 is 5.32 Å². The van der Waals surface area contributed by atoms with Gasteiger partial charge in [0.1, 0.15) is 5.82 Å². The number of hydrogen-bond acceptors (Lipinski definition) is 5. The first-order valence-corrected chi connectivity index (χ1v) is 7.37. The number of hydrogen-bond donors (Lipinski definition) is 1. The van der Waals surface area contributed by atoms with Crippen molar-refractivity contribution in [3.8, 4) is 11.3 Å². The van der Waals surface area contributed by atoms with Crippen LogP contribution >= 0.6 is 0 Å². The fourth-order valence-electron chi connectivity index (χ4n) is 2.98. The molecular formula is C15H17N7. The van der Waals surface area contributed by atoms with Gasteiger partial charge in [-0.2, -0.15) is 5.10 Å². The third-order valence-corrected chi connectivity index (χ3v) is 4.00. The summed E-state index contributed by atoms with van der Waals surface area (Å²) in [5, 5.41) is 7.57. The molecule has 3 aromatic heterocycles. The molecule has 0 bridgehead atoms. The molecule has 0 amide bonds. The number of nitrogens with zero attached hydrogens (tertiary/aromatic N) is 6. The van der Waals surface area contributed by atoms with Gasteiger partial charge < -0.3 is 9.88 Å². The first-order valence-electron chi connectivity index (χ1n) is 7.37. The Morgan fingerprint density at radius 3 is 2.86 bits per heavy atom. The van der Waals surface area contributed by atoms with Gasteiger partial charge in [0.25, 0.3) is 0 Å². The number of fused-ring (bicyclic) bond motifs is 1. The first-order chi connectivity index (χ1) is 10.8. The Morgan fingerprint density at radius 1 is 1.23 bits per heavy atom. The molecule has 1 aliphatic rings. The molecule has 22 heavy (non-hydrogen) atoms. The van der Waals surface area contributed by atoms with E-state index in [2.05, 4.69) is 29.9 Å². The standard InChI is InChI=1S/C15H17N7/c1-21-10-11(7-20-21)13-9-18-14-4-3-12(22(13)14)8-19-15-16-5-2-6-17-15/h2,5-7,9-10,12H,3-4,8H2,1H3,(H,16,17,19). The molecule has 0 aromatic carbocycles. The maximum Gasteiger partial charge on any atom is 0.222 e. The van der Waals surface area contributed by atoms with E-state index in [1.165, 1.54) is 0 Å². The van der Waals surface area contributed by atoms with Gasteiger partial charge in [-0.15, -0.1) is 0 Å². The second kappa shape index (κ2) is 5.25. The molecule has 1 N–H and O–H groups in total. The van der Waals surface area contributed by atoms with Crippen molar-refractivity contribution in [2.45, 2.75) is 18.9 Å². The zero-order chi connectivity index (χ0) is 14.9. The molecule has 0 spiro atoms. The summed E-state index contributed by atoms with van der Waals surface area (Å²) in [4.78, 5) is 13.0. The molecule has 0 aliphatic carbocycles. The van der Waals surface area contributed by atoms with Crippen LogP contribution in [0.25, 0.3) is 11.3 Å². The molecule has 0 saturated heterocycles. The minimum atomic E-state index is 0.358. The lowest BCUT2D eigenvalue weighted by molar-refractivity contribution is 0.557. The maximum absolute atomic E-state index is 4.55. The van der Waals surface area contributed by atoms with Gasteiger partial charge in [-0.1, -0.05) is 0 Å². The molecule has 1 unspecified atom stereocenters. The highest BCUT2D eigenvalue weighted by atomic mass is 15.2. The third kappa shape index (κ3) is 2.24. The number of aromatic nitrogens is 6. The van der Waals surface area contributed by atoms with Gasteiger partial charge in [-0.05, 0) is 12.5 Å². The van der Waals surface area contributed by atoms with E-state index in [0.717, 1.165) is 36.5 Å². The van der Waals surface area contributed by atoms with Gasteiger partial charge in [0.15, 0.2) is 0 Å². The van der Waals surface area contributed by atoms with Gasteiger partial charge in [0.05, 0.1) is 24.1 Å². The van der Waals surface area contributed by atoms with Crippen LogP contribution in [-0.2, 0) is 13.5 Å². The summed E-state index contributed by atoms with van der Waals surface area (Å²) >= 11 is 0. The normalized spacial score (nSPS) is 16.7. The van der Waals surface area contributed by atoms with E-state index in [0.29, 0.717) is 12.0 Å². The predicted octanol–water partition coefficient (Wildman–Crippen LogP) is 1.67. The van der Waals surface area contributed by atoms with E-state index in [1.807, 2.05) is 36.4 Å². The Balaban J connectivity index is 1.58. The monoisotopic (exact) mass is 295 g/mol. The fraction of sp³-hybridized carbons (Fsp3) is 0.333. The van der Waals surface area contributed by atoms with E-state index in [4.69, 9.17) is 0 Å². The van der Waals surface area contributed by atoms with E-state index < -0.39 is 0 Å². The third-order valence-electron chi connectivity index (χ3n) is 4.00. The second-order valence-corrected chi connectivity index (χ2v) is 5.48. The van der Waals surface area contributed by atoms with Crippen LogP contribution in [0.3, 0.4) is 0 Å². The summed E-state index contributed by atoms with van der Waals surface area (Å²) in [6.45, 7) is 0.792. The number of rotatable bonds is 4. The van der Waals surface area contributed by atoms with Crippen molar-refractivity contribution < 1.29 is 0 Å². The molecular weight excluding hydrogens is 278 g/mol. The van der Waals surface area contributed by atoms with Crippen molar-refractivity contribution >= 4 is 5.95 Å². The highest BCUT2D eigenvalue weighted by molar-refractivity contribution is 5.58. The Hall–Kier alpha value is -2.70. The van der Waals surface area contributed by atoms with E-state index >= 15 is 0 Å². The van der Waals surface area contributed by atoms with E-state index in [1.54, 1.807) is 12.4 Å². The quantitative estimate of drug-likeness (QED) is 0.792. The second-order valence-electron chi connectivity index (χ2n) is 5.48. The Kier molecular flexibility index (Phi) is 3.10. The highest BCUT2D eigenvalue weighted by Gasteiger charge is 2.26. The molecule has 0 radical (unpaired) electrons. The smallest absolute Gasteiger partial charge is 0.222 e. The lowest BCUT2D eigenvalue weighted by atomic mass is 10.2. The number of nitrogens with one attached hydrogen (secondary N) is 1. The van der Waals surface area contributed by atoms with Crippen LogP contribution in [0.4, 0.5) is 5.95 Å². The van der Waals surface area contributed by atoms with Crippen molar-refractivity contribution in [3.63, 3.8) is 0 Å². The molecule has 7 nitrogen and oxygen atoms in total. The van der Waals surface area contributed by atoms with Gasteiger partial charge in [-0.3, -0.25) is 4.68 Å². The Labute approximate surface area is 128 Å². The number of aryl methyl sites for hydroxylation is 2. The molecule has 4 rings (SSSR count). The summed E-state index contributed by atoms with van der Waals surface area (Å²) in [6.07, 6.45) is 11.4. The van der Waals surface area contributed by atoms with Crippen LogP contribution in [0.1, 0.15) is 18.3 Å². The molecule has 3 aromatic rings. The average molecular weight is 295 g/mol. The number of imidazole rings is 1. The molecule has 112 valence electrons. The van der Waals surface area contributed by atoms with Crippen LogP contribution in [0.15, 0.2) is 37.1 Å². The molecule has 4 heterocycles. The minimum Gasteiger partial charge on any atom is -0.352 e. The van der Waals surface area contributed by atoms with Crippen molar-refractivity contribution in [2.75, 3.05) is 11.9 Å². The predicted molar refractivity (Wildman–Crippen MR) is 82.3 cm³/mol. The van der Waals surface area contributed by atoms with Gasteiger partial charge in [0, 0.05) is 44.2 Å². The average Bonchev–Trinajstić information content (AvgIpc) is 3.23. The molecule has 1 aliphatic heterocycles. The Morgan fingerprint density at radius 2 is 2.09 bits per heavy atom. The molecule has 0 fully saturated rings. The summed E-state index contributed by atoms with van der Waals surface area (Å²) in [7, 11) is 1.93. The van der Waals surface area contributed by atoms with E-state index in [9.17, 15) is 0 Å². The van der Waals surface area contributed by atoms with Crippen LogP contribution in [0.2, 0.25) is 0 Å². The SMILES string of the molecule is Cn1cc(-c2cnc3n2C(CNc2ncccn2)CC3)cn1. The highest BCUT2D eigenvalue weighted by Crippen LogP contribution is 2.32. The van der Waals surface area contributed by atoms with Gasteiger partial charge >= 0.3 is 0 Å². The van der Waals surface area contributed by atoms with Crippen molar-refractivity contribution in [1.82, 2.24) is 29.3 Å². The summed E-state index contributed by atoms with van der Waals surface area (Å²) in [5.41, 5.74) is 2.23. The lowest BCUT2D eigenvalue weighted by Gasteiger charge is -2.16. The topological polar surface area (TPSA) is 73.5 Å². The van der Waals surface area contributed by atoms with Crippen LogP contribution in [0, 0.1) is 0 Å². The van der Waals surface area contributed by atoms with Gasteiger partial charge in [0.2, 0.25) is 5.95 Å². The summed E-state index contributed by atoms with van der Waals surface area (Å²) < 4.78 is 4.13. The van der Waals surface area contributed by atoms with Crippen molar-refractivity contribution in [3.05, 3.63) is 42.9 Å². The van der Waals surface area contributed by atoms with Crippen LogP contribution in [-0.4, -0.2) is 35.8 Å². The summed E-state index contributed by atoms with van der Waals surface area (Å²) in [6, 6.07) is 2.17. The van der Waals surface area contributed by atoms with Crippen molar-refractivity contribution in [1.29, 1.82) is 0 Å². The van der Waals surface area contributed by atoms with E-state index in [-0.39, 0.29) is 0 Å². The maximum atomic E-state index is 4.55. The minimum absolute atomic E-state index is 0.358.